The van der Waals surface area contributed by atoms with E-state index in [9.17, 15) is 4.79 Å². The second-order valence-corrected chi connectivity index (χ2v) is 8.94. The molecule has 2 aliphatic rings. The number of rotatable bonds is 7. The van der Waals surface area contributed by atoms with Crippen molar-refractivity contribution < 1.29 is 14.3 Å². The van der Waals surface area contributed by atoms with Crippen LogP contribution < -0.4 is 10.1 Å². The number of nitrogens with one attached hydrogen (secondary N) is 1. The van der Waals surface area contributed by atoms with Gasteiger partial charge < -0.3 is 19.7 Å². The highest BCUT2D eigenvalue weighted by atomic mass is 16.5. The van der Waals surface area contributed by atoms with E-state index in [-0.39, 0.29) is 11.9 Å². The summed E-state index contributed by atoms with van der Waals surface area (Å²) >= 11 is 0. The van der Waals surface area contributed by atoms with Gasteiger partial charge in [0.1, 0.15) is 5.75 Å². The Bertz CT molecular complexity index is 1200. The lowest BCUT2D eigenvalue weighted by Gasteiger charge is -2.28. The number of morpholine rings is 1. The van der Waals surface area contributed by atoms with Crippen molar-refractivity contribution in [3.05, 3.63) is 71.6 Å². The lowest BCUT2D eigenvalue weighted by Crippen LogP contribution is -2.41. The van der Waals surface area contributed by atoms with Crippen LogP contribution in [0.3, 0.4) is 0 Å². The first-order valence-corrected chi connectivity index (χ1v) is 12.0. The van der Waals surface area contributed by atoms with E-state index in [1.54, 1.807) is 7.11 Å². The van der Waals surface area contributed by atoms with E-state index in [2.05, 4.69) is 42.2 Å². The summed E-state index contributed by atoms with van der Waals surface area (Å²) in [5.74, 6) is 0.906. The van der Waals surface area contributed by atoms with E-state index in [4.69, 9.17) is 14.6 Å². The molecule has 1 N–H and O–H groups in total. The molecular formula is C27H32N4O3. The van der Waals surface area contributed by atoms with Crippen LogP contribution in [0.1, 0.15) is 33.7 Å². The molecule has 0 saturated carbocycles. The molecule has 7 nitrogen and oxygen atoms in total. The Morgan fingerprint density at radius 2 is 2.09 bits per heavy atom. The monoisotopic (exact) mass is 460 g/mol. The lowest BCUT2D eigenvalue weighted by atomic mass is 9.90. The molecule has 34 heavy (non-hydrogen) atoms. The lowest BCUT2D eigenvalue weighted by molar-refractivity contribution is 0.0297. The summed E-state index contributed by atoms with van der Waals surface area (Å²) in [6.07, 6.45) is 4.50. The molecule has 0 radical (unpaired) electrons. The standard InChI is InChI=1S/C27H32N4O3/c1-3-12-31-24-10-9-20(17-22(24)26(29-31)27(32)30-13-15-34-16-14-30)28-18-23-21-7-5-4-6-19(21)8-11-25(23)33-2/h3-8,11,20,28H,1,9-10,12-18H2,2H3. The third-order valence-electron chi connectivity index (χ3n) is 6.93. The van der Waals surface area contributed by atoms with Gasteiger partial charge in [-0.2, -0.15) is 5.10 Å². The van der Waals surface area contributed by atoms with Crippen LogP contribution in [0.15, 0.2) is 49.1 Å². The van der Waals surface area contributed by atoms with Crippen LogP contribution in [-0.2, 0) is 30.7 Å². The second kappa shape index (κ2) is 9.99. The summed E-state index contributed by atoms with van der Waals surface area (Å²) in [4.78, 5) is 15.2. The number of allylic oxidation sites excluding steroid dienone is 1. The molecule has 2 heterocycles. The number of hydrogen-bond donors (Lipinski definition) is 1. The molecule has 1 saturated heterocycles. The Balaban J connectivity index is 1.38. The minimum Gasteiger partial charge on any atom is -0.496 e. The maximum Gasteiger partial charge on any atom is 0.274 e. The predicted octanol–water partition coefficient (Wildman–Crippen LogP) is 3.35. The Labute approximate surface area is 200 Å². The van der Waals surface area contributed by atoms with E-state index in [0.29, 0.717) is 45.1 Å². The topological polar surface area (TPSA) is 68.6 Å². The van der Waals surface area contributed by atoms with Crippen molar-refractivity contribution in [3.8, 4) is 5.75 Å². The normalized spacial score (nSPS) is 18.0. The summed E-state index contributed by atoms with van der Waals surface area (Å²) in [5, 5.41) is 10.9. The smallest absolute Gasteiger partial charge is 0.274 e. The SMILES string of the molecule is C=CCn1nc(C(=O)N2CCOCC2)c2c1CCC(NCc1c(OC)ccc3ccccc13)C2. The van der Waals surface area contributed by atoms with E-state index in [1.807, 2.05) is 21.7 Å². The molecule has 0 spiro atoms. The van der Waals surface area contributed by atoms with Gasteiger partial charge in [0.25, 0.3) is 5.91 Å². The van der Waals surface area contributed by atoms with Gasteiger partial charge in [-0.3, -0.25) is 9.48 Å². The van der Waals surface area contributed by atoms with Crippen LogP contribution in [0.5, 0.6) is 5.75 Å². The molecule has 1 aromatic heterocycles. The Morgan fingerprint density at radius 1 is 1.26 bits per heavy atom. The molecule has 1 aliphatic heterocycles. The van der Waals surface area contributed by atoms with Gasteiger partial charge in [-0.25, -0.2) is 0 Å². The zero-order chi connectivity index (χ0) is 23.5. The molecule has 3 aromatic rings. The van der Waals surface area contributed by atoms with Crippen LogP contribution >= 0.6 is 0 Å². The summed E-state index contributed by atoms with van der Waals surface area (Å²) in [6.45, 7) is 7.59. The van der Waals surface area contributed by atoms with Gasteiger partial charge in [0.15, 0.2) is 5.69 Å². The van der Waals surface area contributed by atoms with Crippen LogP contribution in [0.4, 0.5) is 0 Å². The Kier molecular flexibility index (Phi) is 6.65. The van der Waals surface area contributed by atoms with Crippen molar-refractivity contribution in [3.63, 3.8) is 0 Å². The van der Waals surface area contributed by atoms with Gasteiger partial charge in [0, 0.05) is 42.5 Å². The third-order valence-corrected chi connectivity index (χ3v) is 6.93. The van der Waals surface area contributed by atoms with Gasteiger partial charge in [-0.05, 0) is 36.1 Å². The van der Waals surface area contributed by atoms with E-state index in [0.717, 1.165) is 36.3 Å². The number of carbonyl (C=O) groups excluding carboxylic acids is 1. The first-order chi connectivity index (χ1) is 16.7. The Hall–Kier alpha value is -3.16. The molecule has 2 aromatic carbocycles. The molecule has 7 heteroatoms. The zero-order valence-electron chi connectivity index (χ0n) is 19.8. The van der Waals surface area contributed by atoms with Crippen molar-refractivity contribution in [1.82, 2.24) is 20.0 Å². The molecule has 1 atom stereocenters. The fourth-order valence-electron chi connectivity index (χ4n) is 5.16. The van der Waals surface area contributed by atoms with E-state index < -0.39 is 0 Å². The number of benzene rings is 2. The highest BCUT2D eigenvalue weighted by Gasteiger charge is 2.31. The molecule has 178 valence electrons. The molecule has 1 fully saturated rings. The summed E-state index contributed by atoms with van der Waals surface area (Å²) in [5.41, 5.74) is 4.00. The van der Waals surface area contributed by atoms with Crippen molar-refractivity contribution >= 4 is 16.7 Å². The van der Waals surface area contributed by atoms with Gasteiger partial charge in [0.2, 0.25) is 0 Å². The minimum absolute atomic E-state index is 0.0127. The molecular weight excluding hydrogens is 428 g/mol. The van der Waals surface area contributed by atoms with Crippen molar-refractivity contribution in [2.75, 3.05) is 33.4 Å². The van der Waals surface area contributed by atoms with Crippen LogP contribution in [0.25, 0.3) is 10.8 Å². The maximum absolute atomic E-state index is 13.3. The van der Waals surface area contributed by atoms with Crippen molar-refractivity contribution in [2.45, 2.75) is 38.4 Å². The molecule has 1 amide bonds. The minimum atomic E-state index is 0.0127. The number of amides is 1. The number of hydrogen-bond acceptors (Lipinski definition) is 5. The second-order valence-electron chi connectivity index (χ2n) is 8.94. The number of aromatic nitrogens is 2. The number of carbonyl (C=O) groups is 1. The van der Waals surface area contributed by atoms with Crippen molar-refractivity contribution in [2.24, 2.45) is 0 Å². The predicted molar refractivity (Wildman–Crippen MR) is 132 cm³/mol. The van der Waals surface area contributed by atoms with Crippen LogP contribution in [-0.4, -0.2) is 60.0 Å². The molecule has 5 rings (SSSR count). The molecule has 0 bridgehead atoms. The number of ether oxygens (including phenoxy) is 2. The fourth-order valence-corrected chi connectivity index (χ4v) is 5.16. The van der Waals surface area contributed by atoms with Gasteiger partial charge in [0.05, 0.1) is 26.9 Å². The largest absolute Gasteiger partial charge is 0.496 e. The van der Waals surface area contributed by atoms with E-state index >= 15 is 0 Å². The number of nitrogens with zero attached hydrogens (tertiary/aromatic N) is 3. The average molecular weight is 461 g/mol. The van der Waals surface area contributed by atoms with Crippen LogP contribution in [0, 0.1) is 0 Å². The van der Waals surface area contributed by atoms with Gasteiger partial charge >= 0.3 is 0 Å². The quantitative estimate of drug-likeness (QED) is 0.548. The fraction of sp³-hybridized carbons (Fsp3) is 0.407. The highest BCUT2D eigenvalue weighted by molar-refractivity contribution is 5.94. The summed E-state index contributed by atoms with van der Waals surface area (Å²) in [7, 11) is 1.72. The highest BCUT2D eigenvalue weighted by Crippen LogP contribution is 2.30. The van der Waals surface area contributed by atoms with Crippen LogP contribution in [0.2, 0.25) is 0 Å². The average Bonchev–Trinajstić information content (AvgIpc) is 3.25. The number of methoxy groups -OCH3 is 1. The maximum atomic E-state index is 13.3. The zero-order valence-corrected chi connectivity index (χ0v) is 19.8. The number of fused-ring (bicyclic) bond motifs is 2. The molecule has 1 unspecified atom stereocenters. The first-order valence-electron chi connectivity index (χ1n) is 12.0. The van der Waals surface area contributed by atoms with Gasteiger partial charge in [-0.15, -0.1) is 6.58 Å². The summed E-state index contributed by atoms with van der Waals surface area (Å²) in [6, 6.07) is 12.8. The van der Waals surface area contributed by atoms with E-state index in [1.165, 1.54) is 16.3 Å². The summed E-state index contributed by atoms with van der Waals surface area (Å²) < 4.78 is 13.1. The third kappa shape index (κ3) is 4.33. The first kappa shape index (κ1) is 22.6. The molecule has 1 aliphatic carbocycles. The Morgan fingerprint density at radius 3 is 2.88 bits per heavy atom. The van der Waals surface area contributed by atoms with Crippen molar-refractivity contribution in [1.29, 1.82) is 0 Å². The van der Waals surface area contributed by atoms with Gasteiger partial charge in [-0.1, -0.05) is 36.4 Å².